The van der Waals surface area contributed by atoms with Crippen molar-refractivity contribution in [1.82, 2.24) is 29.6 Å². The summed E-state index contributed by atoms with van der Waals surface area (Å²) in [6, 6.07) is 30.4. The highest BCUT2D eigenvalue weighted by atomic mass is 35.5. The van der Waals surface area contributed by atoms with Crippen LogP contribution in [0.4, 0.5) is 24.5 Å². The molecule has 0 spiro atoms. The predicted octanol–water partition coefficient (Wildman–Crippen LogP) is 10.5. The SMILES string of the molecule is CC1(C)CCC(c2ccc(Cl)cc2)=C(CN2CCN(c3ccc(C(=O)NS(=O)(=O)c4ccc(N[C@H](CCN5CCN(CCCCCCOc6cccc7c6CN(C6CCC(=O)NC6=O)C7=O)CC5)CSc5ccccc5)c(S(=O)(=O)C(F)(F)F)c4)cc3)CC2)C1. The number of hydrogen-bond donors (Lipinski definition) is 3. The van der Waals surface area contributed by atoms with Crippen molar-refractivity contribution in [2.24, 2.45) is 5.41 Å². The Balaban J connectivity index is 0.705. The summed E-state index contributed by atoms with van der Waals surface area (Å²) in [5, 5.41) is 6.10. The molecule has 0 aromatic heterocycles. The molecule has 90 heavy (non-hydrogen) atoms. The number of ether oxygens (including phenoxy) is 1. The van der Waals surface area contributed by atoms with Gasteiger partial charge in [0.05, 0.1) is 23.7 Å². The molecule has 3 fully saturated rings. The number of benzene rings is 5. The first kappa shape index (κ1) is 66.5. The zero-order valence-electron chi connectivity index (χ0n) is 50.7. The summed E-state index contributed by atoms with van der Waals surface area (Å²) in [7, 11) is -11.0. The molecule has 482 valence electrons. The van der Waals surface area contributed by atoms with Crippen molar-refractivity contribution in [1.29, 1.82) is 0 Å². The van der Waals surface area contributed by atoms with Gasteiger partial charge >= 0.3 is 5.51 Å². The predicted molar refractivity (Wildman–Crippen MR) is 344 cm³/mol. The summed E-state index contributed by atoms with van der Waals surface area (Å²) in [5.74, 6) is -1.12. The third kappa shape index (κ3) is 16.6. The number of piperazine rings is 2. The fraction of sp³-hybridized carbons (Fsp3) is 0.455. The van der Waals surface area contributed by atoms with Gasteiger partial charge in [0.2, 0.25) is 11.8 Å². The standard InChI is InChI=1S/C66H78ClF3N8O9S3/c1-65(2)29-27-54(46-15-19-49(67)20-16-46)48(42-65)43-76-36-38-77(39-37-76)51-21-17-47(18-22-51)62(80)73-90(85,86)53-23-24-57(60(41-53)89(83,84)66(68,69)70)71-50(45-88-52-11-6-5-7-12-52)28-31-75-34-32-74(33-35-75)30-8-3-4-9-40-87-59-14-10-13-55-56(59)44-78(64(55)82)58-25-26-61(79)72-63(58)81/h5-7,10-24,41,50,58,71H,3-4,8-9,25-40,42-45H2,1-2H3,(H,73,80)(H,72,79,81)/t50-,58?/m1/s1. The van der Waals surface area contributed by atoms with Crippen LogP contribution in [0.15, 0.2) is 136 Å². The van der Waals surface area contributed by atoms with Gasteiger partial charge < -0.3 is 29.7 Å². The highest BCUT2D eigenvalue weighted by molar-refractivity contribution is 7.99. The number of nitrogens with zero attached hydrogens (tertiary/aromatic N) is 5. The Kier molecular flexibility index (Phi) is 21.4. The van der Waals surface area contributed by atoms with E-state index in [0.29, 0.717) is 47.7 Å². The lowest BCUT2D eigenvalue weighted by atomic mass is 9.73. The molecule has 1 unspecified atom stereocenters. The first-order valence-electron chi connectivity index (χ1n) is 30.9. The Morgan fingerprint density at radius 1 is 0.789 bits per heavy atom. The van der Waals surface area contributed by atoms with Gasteiger partial charge in [-0.05, 0) is 147 Å². The van der Waals surface area contributed by atoms with E-state index in [-0.39, 0.29) is 42.2 Å². The van der Waals surface area contributed by atoms with Crippen LogP contribution in [0.5, 0.6) is 5.75 Å². The number of alkyl halides is 3. The molecule has 2 atom stereocenters. The number of unbranched alkanes of at least 4 members (excludes halogenated alkanes) is 3. The molecule has 5 aromatic rings. The number of thioether (sulfide) groups is 1. The highest BCUT2D eigenvalue weighted by Gasteiger charge is 2.49. The van der Waals surface area contributed by atoms with Gasteiger partial charge in [-0.2, -0.15) is 13.2 Å². The van der Waals surface area contributed by atoms with Gasteiger partial charge in [0.1, 0.15) is 16.7 Å². The Bertz CT molecular complexity index is 3660. The molecule has 24 heteroatoms. The van der Waals surface area contributed by atoms with Crippen molar-refractivity contribution in [2.75, 3.05) is 94.6 Å². The van der Waals surface area contributed by atoms with E-state index in [2.05, 4.69) is 56.2 Å². The molecule has 5 aliphatic rings. The highest BCUT2D eigenvalue weighted by Crippen LogP contribution is 2.43. The summed E-state index contributed by atoms with van der Waals surface area (Å²) in [6.45, 7) is 13.8. The van der Waals surface area contributed by atoms with Gasteiger partial charge in [0, 0.05) is 116 Å². The lowest BCUT2D eigenvalue weighted by Gasteiger charge is -2.39. The number of anilines is 2. The number of carbonyl (C=O) groups is 4. The lowest BCUT2D eigenvalue weighted by molar-refractivity contribution is -0.136. The molecule has 3 N–H and O–H groups in total. The summed E-state index contributed by atoms with van der Waals surface area (Å²) in [5.41, 5.74) is 0.108. The third-order valence-corrected chi connectivity index (χ3v) is 22.0. The molecule has 10 rings (SSSR count). The van der Waals surface area contributed by atoms with E-state index >= 15 is 0 Å². The number of sulfonamides is 1. The van der Waals surface area contributed by atoms with E-state index in [9.17, 15) is 49.2 Å². The Morgan fingerprint density at radius 2 is 1.48 bits per heavy atom. The molecule has 3 saturated heterocycles. The number of rotatable bonds is 25. The minimum atomic E-state index is -6.12. The van der Waals surface area contributed by atoms with E-state index in [1.165, 1.54) is 45.5 Å². The number of hydrogen-bond acceptors (Lipinski definition) is 15. The smallest absolute Gasteiger partial charge is 0.493 e. The van der Waals surface area contributed by atoms with Crippen LogP contribution in [0, 0.1) is 5.41 Å². The number of piperidine rings is 1. The molecule has 4 aliphatic heterocycles. The number of sulfone groups is 1. The van der Waals surface area contributed by atoms with Crippen LogP contribution in [0.25, 0.3) is 5.57 Å². The number of halogens is 4. The zero-order chi connectivity index (χ0) is 63.8. The van der Waals surface area contributed by atoms with Gasteiger partial charge in [-0.15, -0.1) is 11.8 Å². The van der Waals surface area contributed by atoms with Crippen molar-refractivity contribution in [3.63, 3.8) is 0 Å². The van der Waals surface area contributed by atoms with E-state index in [4.69, 9.17) is 16.3 Å². The van der Waals surface area contributed by atoms with Crippen LogP contribution in [0.1, 0.15) is 110 Å². The monoisotopic (exact) mass is 1310 g/mol. The van der Waals surface area contributed by atoms with Crippen LogP contribution in [0.2, 0.25) is 5.02 Å². The average Bonchev–Trinajstić information content (AvgIpc) is 1.38. The minimum Gasteiger partial charge on any atom is -0.493 e. The van der Waals surface area contributed by atoms with Crippen molar-refractivity contribution >= 4 is 83.8 Å². The minimum absolute atomic E-state index is 0.0165. The fourth-order valence-electron chi connectivity index (χ4n) is 12.6. The Hall–Kier alpha value is -6.47. The maximum absolute atomic E-state index is 14.5. The molecule has 4 amide bonds. The normalized spacial score (nSPS) is 19.2. The zero-order valence-corrected chi connectivity index (χ0v) is 53.9. The molecule has 1 aliphatic carbocycles. The van der Waals surface area contributed by atoms with E-state index in [1.54, 1.807) is 24.3 Å². The van der Waals surface area contributed by atoms with Gasteiger partial charge in [-0.25, -0.2) is 21.6 Å². The van der Waals surface area contributed by atoms with E-state index in [1.807, 2.05) is 53.3 Å². The van der Waals surface area contributed by atoms with Crippen LogP contribution in [-0.4, -0.2) is 162 Å². The Labute approximate surface area is 535 Å². The fourth-order valence-corrected chi connectivity index (χ4v) is 15.7. The Morgan fingerprint density at radius 3 is 2.18 bits per heavy atom. The van der Waals surface area contributed by atoms with Gasteiger partial charge in [-0.3, -0.25) is 29.4 Å². The topological polar surface area (TPSA) is 198 Å². The van der Waals surface area contributed by atoms with Crippen LogP contribution in [-0.2, 0) is 36.0 Å². The van der Waals surface area contributed by atoms with Crippen molar-refractivity contribution in [3.05, 3.63) is 148 Å². The van der Waals surface area contributed by atoms with E-state index in [0.717, 1.165) is 139 Å². The number of allylic oxidation sites excluding steroid dienone is 1. The number of fused-ring (bicyclic) bond motifs is 1. The quantitative estimate of drug-likeness (QED) is 0.0283. The molecule has 17 nitrogen and oxygen atoms in total. The number of amides is 4. The number of nitrogens with one attached hydrogen (secondary N) is 3. The van der Waals surface area contributed by atoms with Gasteiger partial charge in [0.25, 0.3) is 31.7 Å². The van der Waals surface area contributed by atoms with Crippen LogP contribution in [0.3, 0.4) is 0 Å². The molecular weight excluding hydrogens is 1240 g/mol. The number of imide groups is 1. The third-order valence-electron chi connectivity index (χ3n) is 17.7. The summed E-state index contributed by atoms with van der Waals surface area (Å²) in [6.07, 6.45) is 7.72. The molecule has 4 heterocycles. The molecule has 0 saturated carbocycles. The van der Waals surface area contributed by atoms with Crippen LogP contribution < -0.4 is 25.0 Å². The second-order valence-electron chi connectivity index (χ2n) is 24.7. The average molecular weight is 1320 g/mol. The van der Waals surface area contributed by atoms with Crippen LogP contribution >= 0.6 is 23.4 Å². The molecular formula is C66H78ClF3N8O9S3. The first-order valence-corrected chi connectivity index (χ1v) is 35.2. The van der Waals surface area contributed by atoms with Crippen molar-refractivity contribution < 1.29 is 53.9 Å². The van der Waals surface area contributed by atoms with E-state index < -0.39 is 64.7 Å². The summed E-state index contributed by atoms with van der Waals surface area (Å²) >= 11 is 7.67. The van der Waals surface area contributed by atoms with Gasteiger partial charge in [0.15, 0.2) is 0 Å². The largest absolute Gasteiger partial charge is 0.501 e. The molecule has 5 aromatic carbocycles. The second-order valence-corrected chi connectivity index (χ2v) is 29.8. The summed E-state index contributed by atoms with van der Waals surface area (Å²) in [4.78, 5) is 60.6. The van der Waals surface area contributed by atoms with Crippen molar-refractivity contribution in [2.45, 2.75) is 117 Å². The molecule has 0 bridgehead atoms. The summed E-state index contributed by atoms with van der Waals surface area (Å²) < 4.78 is 106. The maximum Gasteiger partial charge on any atom is 0.501 e. The van der Waals surface area contributed by atoms with Gasteiger partial charge in [-0.1, -0.05) is 80.3 Å². The number of carbonyl (C=O) groups excluding carboxylic acids is 4. The maximum atomic E-state index is 14.5. The van der Waals surface area contributed by atoms with Crippen molar-refractivity contribution in [3.8, 4) is 5.75 Å². The molecule has 0 radical (unpaired) electrons. The second kappa shape index (κ2) is 29.0. The lowest BCUT2D eigenvalue weighted by Crippen LogP contribution is -2.52. The first-order chi connectivity index (χ1) is 43.0.